The van der Waals surface area contributed by atoms with Crippen LogP contribution in [-0.2, 0) is 4.79 Å². The van der Waals surface area contributed by atoms with Gasteiger partial charge in [-0.3, -0.25) is 4.79 Å². The van der Waals surface area contributed by atoms with E-state index in [-0.39, 0.29) is 12.5 Å². The predicted octanol–water partition coefficient (Wildman–Crippen LogP) is 13.0. The topological polar surface area (TPSA) is 89.8 Å². The minimum Gasteiger partial charge on any atom is -0.394 e. The molecule has 0 aliphatic rings. The highest BCUT2D eigenvalue weighted by Gasteiger charge is 2.26. The van der Waals surface area contributed by atoms with E-state index in [1.807, 2.05) is 0 Å². The lowest BCUT2D eigenvalue weighted by Crippen LogP contribution is -2.50. The van der Waals surface area contributed by atoms with Crippen LogP contribution in [0.25, 0.3) is 0 Å². The lowest BCUT2D eigenvalue weighted by molar-refractivity contribution is -0.124. The first-order chi connectivity index (χ1) is 24.6. The van der Waals surface area contributed by atoms with E-state index in [9.17, 15) is 20.1 Å². The van der Waals surface area contributed by atoms with E-state index in [0.717, 1.165) is 32.1 Å². The van der Waals surface area contributed by atoms with Crippen molar-refractivity contribution in [3.05, 3.63) is 0 Å². The van der Waals surface area contributed by atoms with E-state index in [0.29, 0.717) is 12.8 Å². The van der Waals surface area contributed by atoms with Gasteiger partial charge in [-0.05, 0) is 12.8 Å². The van der Waals surface area contributed by atoms with Crippen molar-refractivity contribution >= 4 is 5.91 Å². The van der Waals surface area contributed by atoms with Gasteiger partial charge in [0.2, 0.25) is 5.91 Å². The number of hydrogen-bond donors (Lipinski definition) is 4. The Morgan fingerprint density at radius 2 is 0.680 bits per heavy atom. The molecule has 0 saturated heterocycles. The molecule has 0 aliphatic carbocycles. The van der Waals surface area contributed by atoms with E-state index < -0.39 is 18.2 Å². The summed E-state index contributed by atoms with van der Waals surface area (Å²) in [5.41, 5.74) is 0. The molecule has 0 saturated carbocycles. The van der Waals surface area contributed by atoms with Crippen molar-refractivity contribution in [2.75, 3.05) is 6.61 Å². The molecule has 3 atom stereocenters. The van der Waals surface area contributed by atoms with Gasteiger partial charge in [0.25, 0.3) is 0 Å². The van der Waals surface area contributed by atoms with Crippen molar-refractivity contribution < 1.29 is 20.1 Å². The number of carbonyl (C=O) groups is 1. The third-order valence-electron chi connectivity index (χ3n) is 11.0. The lowest BCUT2D eigenvalue weighted by atomic mass is 9.99. The van der Waals surface area contributed by atoms with Gasteiger partial charge in [-0.15, -0.1) is 0 Å². The third-order valence-corrected chi connectivity index (χ3v) is 11.0. The quantitative estimate of drug-likeness (QED) is 0.0475. The maximum Gasteiger partial charge on any atom is 0.220 e. The second-order valence-electron chi connectivity index (χ2n) is 16.0. The van der Waals surface area contributed by atoms with Gasteiger partial charge in [0.1, 0.15) is 6.10 Å². The van der Waals surface area contributed by atoms with Crippen LogP contribution in [0.4, 0.5) is 0 Å². The third kappa shape index (κ3) is 35.7. The standard InChI is InChI=1S/C45H91NO4/c1-3-5-7-9-11-13-15-17-18-19-20-21-22-23-24-25-26-27-28-30-32-34-36-38-40-44(49)46-42(41-47)45(50)43(48)39-37-35-33-31-29-16-14-12-10-8-6-4-2/h42-43,45,47-48,50H,3-41H2,1-2H3,(H,46,49)/t42-,43+,45-/m0/s1. The average molecular weight is 710 g/mol. The van der Waals surface area contributed by atoms with Gasteiger partial charge in [0, 0.05) is 6.42 Å². The summed E-state index contributed by atoms with van der Waals surface area (Å²) in [6.45, 7) is 4.19. The molecule has 0 fully saturated rings. The second-order valence-corrected chi connectivity index (χ2v) is 16.0. The van der Waals surface area contributed by atoms with Gasteiger partial charge in [0.15, 0.2) is 0 Å². The van der Waals surface area contributed by atoms with Crippen LogP contribution in [0.5, 0.6) is 0 Å². The zero-order chi connectivity index (χ0) is 36.6. The number of unbranched alkanes of at least 4 members (excludes halogenated alkanes) is 34. The fraction of sp³-hybridized carbons (Fsp3) is 0.978. The smallest absolute Gasteiger partial charge is 0.220 e. The van der Waals surface area contributed by atoms with Crippen molar-refractivity contribution in [2.45, 2.75) is 276 Å². The number of aliphatic hydroxyl groups is 3. The van der Waals surface area contributed by atoms with Gasteiger partial charge in [-0.2, -0.15) is 0 Å². The molecular formula is C45H91NO4. The highest BCUT2D eigenvalue weighted by atomic mass is 16.3. The van der Waals surface area contributed by atoms with Crippen LogP contribution < -0.4 is 5.32 Å². The van der Waals surface area contributed by atoms with Crippen LogP contribution >= 0.6 is 0 Å². The highest BCUT2D eigenvalue weighted by Crippen LogP contribution is 2.17. The molecule has 5 heteroatoms. The van der Waals surface area contributed by atoms with Crippen molar-refractivity contribution in [1.82, 2.24) is 5.32 Å². The fourth-order valence-electron chi connectivity index (χ4n) is 7.40. The monoisotopic (exact) mass is 710 g/mol. The molecule has 0 spiro atoms. The van der Waals surface area contributed by atoms with Crippen molar-refractivity contribution in [3.8, 4) is 0 Å². The Morgan fingerprint density at radius 1 is 0.420 bits per heavy atom. The van der Waals surface area contributed by atoms with E-state index in [1.165, 1.54) is 199 Å². The van der Waals surface area contributed by atoms with Crippen molar-refractivity contribution in [3.63, 3.8) is 0 Å². The summed E-state index contributed by atoms with van der Waals surface area (Å²) < 4.78 is 0. The predicted molar refractivity (Wildman–Crippen MR) is 218 cm³/mol. The van der Waals surface area contributed by atoms with E-state index in [2.05, 4.69) is 19.2 Å². The Balaban J connectivity index is 3.52. The largest absolute Gasteiger partial charge is 0.394 e. The van der Waals surface area contributed by atoms with Gasteiger partial charge >= 0.3 is 0 Å². The fourth-order valence-corrected chi connectivity index (χ4v) is 7.40. The normalized spacial score (nSPS) is 13.5. The molecule has 0 aromatic rings. The molecule has 5 nitrogen and oxygen atoms in total. The van der Waals surface area contributed by atoms with Crippen LogP contribution in [0.2, 0.25) is 0 Å². The summed E-state index contributed by atoms with van der Waals surface area (Å²) in [7, 11) is 0. The Morgan fingerprint density at radius 3 is 0.960 bits per heavy atom. The highest BCUT2D eigenvalue weighted by molar-refractivity contribution is 5.76. The number of nitrogens with one attached hydrogen (secondary N) is 1. The van der Waals surface area contributed by atoms with Gasteiger partial charge in [0.05, 0.1) is 18.8 Å². The van der Waals surface area contributed by atoms with Crippen LogP contribution in [0.1, 0.15) is 258 Å². The van der Waals surface area contributed by atoms with Crippen molar-refractivity contribution in [2.24, 2.45) is 0 Å². The molecule has 0 rings (SSSR count). The van der Waals surface area contributed by atoms with Gasteiger partial charge < -0.3 is 20.6 Å². The zero-order valence-corrected chi connectivity index (χ0v) is 34.1. The number of aliphatic hydroxyl groups excluding tert-OH is 3. The number of carbonyl (C=O) groups excluding carboxylic acids is 1. The summed E-state index contributed by atoms with van der Waals surface area (Å²) in [5.74, 6) is -0.139. The Hall–Kier alpha value is -0.650. The van der Waals surface area contributed by atoms with Gasteiger partial charge in [-0.25, -0.2) is 0 Å². The van der Waals surface area contributed by atoms with Crippen LogP contribution in [0, 0.1) is 0 Å². The Kier molecular flexibility index (Phi) is 40.6. The maximum atomic E-state index is 12.4. The maximum absolute atomic E-state index is 12.4. The molecule has 0 aliphatic heterocycles. The molecule has 50 heavy (non-hydrogen) atoms. The first-order valence-electron chi connectivity index (χ1n) is 22.8. The minimum absolute atomic E-state index is 0.139. The van der Waals surface area contributed by atoms with E-state index in [4.69, 9.17) is 0 Å². The number of rotatable bonds is 42. The van der Waals surface area contributed by atoms with Crippen molar-refractivity contribution in [1.29, 1.82) is 0 Å². The second kappa shape index (κ2) is 41.1. The molecule has 0 aromatic carbocycles. The van der Waals surface area contributed by atoms with E-state index >= 15 is 0 Å². The van der Waals surface area contributed by atoms with Crippen LogP contribution in [0.3, 0.4) is 0 Å². The molecule has 0 radical (unpaired) electrons. The molecule has 300 valence electrons. The molecule has 0 aromatic heterocycles. The summed E-state index contributed by atoms with van der Waals surface area (Å²) in [4.78, 5) is 12.4. The number of amides is 1. The summed E-state index contributed by atoms with van der Waals surface area (Å²) >= 11 is 0. The molecule has 1 amide bonds. The SMILES string of the molecule is CCCCCCCCCCCCCCCCCCCCCCCCCCC(=O)N[C@@H](CO)[C@H](O)[C@H](O)CCCCCCCCCCCCCC. The first kappa shape index (κ1) is 49.4. The number of hydrogen-bond acceptors (Lipinski definition) is 4. The summed E-state index contributed by atoms with van der Waals surface area (Å²) in [5, 5.41) is 33.5. The van der Waals surface area contributed by atoms with Crippen LogP contribution in [0.15, 0.2) is 0 Å². The summed E-state index contributed by atoms with van der Waals surface area (Å²) in [6.07, 6.45) is 46.5. The molecule has 0 unspecified atom stereocenters. The van der Waals surface area contributed by atoms with Gasteiger partial charge in [-0.1, -0.05) is 239 Å². The Labute approximate surface area is 313 Å². The summed E-state index contributed by atoms with van der Waals surface area (Å²) in [6, 6.07) is -0.802. The zero-order valence-electron chi connectivity index (χ0n) is 34.1. The minimum atomic E-state index is -1.13. The van der Waals surface area contributed by atoms with Crippen LogP contribution in [-0.4, -0.2) is 46.1 Å². The lowest BCUT2D eigenvalue weighted by Gasteiger charge is -2.26. The molecule has 0 bridgehead atoms. The average Bonchev–Trinajstić information content (AvgIpc) is 3.12. The van der Waals surface area contributed by atoms with E-state index in [1.54, 1.807) is 0 Å². The Bertz CT molecular complexity index is 659. The molecular weight excluding hydrogens is 618 g/mol. The first-order valence-corrected chi connectivity index (χ1v) is 22.8. The molecule has 4 N–H and O–H groups in total. The molecule has 0 heterocycles.